The summed E-state index contributed by atoms with van der Waals surface area (Å²) in [5.74, 6) is 0. The molecule has 0 N–H and O–H groups in total. The van der Waals surface area contributed by atoms with Crippen molar-refractivity contribution in [1.82, 2.24) is 9.80 Å². The Hall–Kier alpha value is -2.13. The highest BCUT2D eigenvalue weighted by atomic mass is 19.1. The van der Waals surface area contributed by atoms with Crippen LogP contribution in [0.25, 0.3) is 0 Å². The van der Waals surface area contributed by atoms with E-state index in [0.717, 1.165) is 31.2 Å². The van der Waals surface area contributed by atoms with E-state index in [2.05, 4.69) is 11.0 Å². The van der Waals surface area contributed by atoms with E-state index in [0.29, 0.717) is 26.2 Å². The number of hydrogen-bond acceptors (Lipinski definition) is 4. The number of amides is 1. The molecule has 0 spiro atoms. The van der Waals surface area contributed by atoms with E-state index in [1.165, 1.54) is 4.90 Å². The van der Waals surface area contributed by atoms with E-state index in [-0.39, 0.29) is 12.6 Å². The molecule has 1 aliphatic heterocycles. The van der Waals surface area contributed by atoms with E-state index >= 15 is 0 Å². The number of ether oxygens (including phenoxy) is 1. The monoisotopic (exact) mass is 373 g/mol. The van der Waals surface area contributed by atoms with E-state index in [4.69, 9.17) is 4.74 Å². The van der Waals surface area contributed by atoms with Crippen LogP contribution in [-0.4, -0.2) is 60.9 Å². The molecule has 146 valence electrons. The van der Waals surface area contributed by atoms with Gasteiger partial charge >= 0.3 is 6.09 Å². The number of carbonyl (C=O) groups is 1. The topological polar surface area (TPSA) is 56.6 Å². The summed E-state index contributed by atoms with van der Waals surface area (Å²) in [6.07, 6.45) is 1.80. The van der Waals surface area contributed by atoms with Crippen molar-refractivity contribution in [1.29, 1.82) is 5.26 Å². The number of hydrogen-bond donors (Lipinski definition) is 0. The number of halogens is 1. The lowest BCUT2D eigenvalue weighted by Crippen LogP contribution is -2.44. The average Bonchev–Trinajstić information content (AvgIpc) is 2.90. The van der Waals surface area contributed by atoms with Crippen LogP contribution in [0.3, 0.4) is 0 Å². The fraction of sp³-hybridized carbons (Fsp3) is 0.619. The molecule has 0 aromatic heterocycles. The van der Waals surface area contributed by atoms with Crippen molar-refractivity contribution in [3.63, 3.8) is 0 Å². The highest BCUT2D eigenvalue weighted by Gasteiger charge is 2.39. The number of nitrogens with zero attached hydrogens (tertiary/aromatic N) is 3. The molecule has 2 fully saturated rings. The van der Waals surface area contributed by atoms with Gasteiger partial charge in [-0.25, -0.2) is 9.18 Å². The molecular formula is C21H28FN3O2. The van der Waals surface area contributed by atoms with Gasteiger partial charge in [-0.15, -0.1) is 0 Å². The Morgan fingerprint density at radius 1 is 1.26 bits per heavy atom. The van der Waals surface area contributed by atoms with Gasteiger partial charge in [0.2, 0.25) is 0 Å². The third-order valence-corrected chi connectivity index (χ3v) is 5.90. The van der Waals surface area contributed by atoms with Gasteiger partial charge in [0, 0.05) is 25.7 Å². The van der Waals surface area contributed by atoms with Crippen molar-refractivity contribution < 1.29 is 13.9 Å². The highest BCUT2D eigenvalue weighted by molar-refractivity contribution is 5.67. The Bertz CT molecular complexity index is 668. The van der Waals surface area contributed by atoms with E-state index < -0.39 is 17.7 Å². The summed E-state index contributed by atoms with van der Waals surface area (Å²) >= 11 is 0. The molecule has 1 unspecified atom stereocenters. The second-order valence-corrected chi connectivity index (χ2v) is 7.53. The van der Waals surface area contributed by atoms with Crippen LogP contribution in [0.1, 0.15) is 38.2 Å². The second-order valence-electron chi connectivity index (χ2n) is 7.53. The smallest absolute Gasteiger partial charge is 0.409 e. The maximum Gasteiger partial charge on any atom is 0.409 e. The zero-order valence-electron chi connectivity index (χ0n) is 15.9. The molecule has 1 amide bonds. The normalized spacial score (nSPS) is 29.6. The largest absolute Gasteiger partial charge is 0.450 e. The second kappa shape index (κ2) is 8.71. The third kappa shape index (κ3) is 4.41. The van der Waals surface area contributed by atoms with Crippen LogP contribution < -0.4 is 0 Å². The first-order chi connectivity index (χ1) is 13.1. The summed E-state index contributed by atoms with van der Waals surface area (Å²) < 4.78 is 19.5. The highest BCUT2D eigenvalue weighted by Crippen LogP contribution is 2.40. The minimum absolute atomic E-state index is 0.0915. The standard InChI is InChI=1S/C21H28FN3O2/c1-2-27-20(26)25-13-12-24(14-18(22)15-25)19-8-10-21(16-23,11-9-19)17-6-4-3-5-7-17/h3-7,18-19H,2,8-15H2,1H3. The molecule has 1 heterocycles. The summed E-state index contributed by atoms with van der Waals surface area (Å²) in [6.45, 7) is 3.62. The first-order valence-electron chi connectivity index (χ1n) is 9.84. The quantitative estimate of drug-likeness (QED) is 0.814. The first-order valence-corrected chi connectivity index (χ1v) is 9.84. The maximum atomic E-state index is 14.4. The zero-order chi connectivity index (χ0) is 19.3. The lowest BCUT2D eigenvalue weighted by molar-refractivity contribution is 0.101. The average molecular weight is 373 g/mol. The van der Waals surface area contributed by atoms with Crippen LogP contribution in [0.15, 0.2) is 30.3 Å². The van der Waals surface area contributed by atoms with Crippen molar-refractivity contribution in [3.05, 3.63) is 35.9 Å². The molecule has 1 saturated carbocycles. The number of carbonyl (C=O) groups excluding carboxylic acids is 1. The van der Waals surface area contributed by atoms with Gasteiger partial charge in [0.05, 0.1) is 24.6 Å². The Morgan fingerprint density at radius 3 is 2.59 bits per heavy atom. The number of nitriles is 1. The molecule has 0 radical (unpaired) electrons. The SMILES string of the molecule is CCOC(=O)N1CCN(C2CCC(C#N)(c3ccccc3)CC2)CC(F)C1. The summed E-state index contributed by atoms with van der Waals surface area (Å²) in [5.41, 5.74) is 0.647. The van der Waals surface area contributed by atoms with Crippen molar-refractivity contribution in [2.75, 3.05) is 32.8 Å². The molecule has 1 saturated heterocycles. The van der Waals surface area contributed by atoms with Crippen molar-refractivity contribution in [2.45, 2.75) is 50.2 Å². The summed E-state index contributed by atoms with van der Waals surface area (Å²) in [5, 5.41) is 9.84. The minimum Gasteiger partial charge on any atom is -0.450 e. The first kappa shape index (κ1) is 19.6. The van der Waals surface area contributed by atoms with Crippen LogP contribution in [0.4, 0.5) is 9.18 Å². The number of alkyl halides is 1. The Kier molecular flexibility index (Phi) is 6.33. The molecule has 2 aliphatic rings. The number of benzene rings is 1. The van der Waals surface area contributed by atoms with Gasteiger partial charge in [-0.2, -0.15) is 5.26 Å². The number of rotatable bonds is 3. The van der Waals surface area contributed by atoms with Crippen molar-refractivity contribution >= 4 is 6.09 Å². The molecule has 1 atom stereocenters. The molecule has 0 bridgehead atoms. The van der Waals surface area contributed by atoms with Gasteiger partial charge in [-0.3, -0.25) is 4.90 Å². The fourth-order valence-corrected chi connectivity index (χ4v) is 4.38. The molecule has 27 heavy (non-hydrogen) atoms. The predicted molar refractivity (Wildman–Crippen MR) is 101 cm³/mol. The van der Waals surface area contributed by atoms with Gasteiger partial charge in [0.1, 0.15) is 6.17 Å². The van der Waals surface area contributed by atoms with Crippen LogP contribution in [-0.2, 0) is 10.2 Å². The van der Waals surface area contributed by atoms with Crippen LogP contribution >= 0.6 is 0 Å². The van der Waals surface area contributed by atoms with Crippen LogP contribution in [0.5, 0.6) is 0 Å². The molecule has 1 aromatic rings. The molecule has 3 rings (SSSR count). The van der Waals surface area contributed by atoms with Gasteiger partial charge < -0.3 is 9.64 Å². The lowest BCUT2D eigenvalue weighted by atomic mass is 9.69. The minimum atomic E-state index is -1.08. The van der Waals surface area contributed by atoms with E-state index in [1.807, 2.05) is 30.3 Å². The Morgan fingerprint density at radius 2 is 1.96 bits per heavy atom. The Labute approximate surface area is 160 Å². The summed E-state index contributed by atoms with van der Waals surface area (Å²) in [4.78, 5) is 15.6. The van der Waals surface area contributed by atoms with E-state index in [1.54, 1.807) is 6.92 Å². The maximum absolute atomic E-state index is 14.4. The molecule has 6 heteroatoms. The Balaban J connectivity index is 1.62. The fourth-order valence-electron chi connectivity index (χ4n) is 4.38. The van der Waals surface area contributed by atoms with Crippen molar-refractivity contribution in [2.24, 2.45) is 0 Å². The zero-order valence-corrected chi connectivity index (χ0v) is 15.9. The van der Waals surface area contributed by atoms with E-state index in [9.17, 15) is 14.4 Å². The summed E-state index contributed by atoms with van der Waals surface area (Å²) in [6, 6.07) is 12.8. The van der Waals surface area contributed by atoms with Gasteiger partial charge in [0.25, 0.3) is 0 Å². The van der Waals surface area contributed by atoms with Crippen LogP contribution in [0.2, 0.25) is 0 Å². The van der Waals surface area contributed by atoms with Gasteiger partial charge in [-0.1, -0.05) is 30.3 Å². The third-order valence-electron chi connectivity index (χ3n) is 5.90. The lowest BCUT2D eigenvalue weighted by Gasteiger charge is -2.40. The molecule has 1 aromatic carbocycles. The molecule has 1 aliphatic carbocycles. The van der Waals surface area contributed by atoms with Gasteiger partial charge in [-0.05, 0) is 38.2 Å². The van der Waals surface area contributed by atoms with Crippen LogP contribution in [0, 0.1) is 11.3 Å². The molecule has 5 nitrogen and oxygen atoms in total. The predicted octanol–water partition coefficient (Wildman–Crippen LogP) is 3.50. The summed E-state index contributed by atoms with van der Waals surface area (Å²) in [7, 11) is 0. The van der Waals surface area contributed by atoms with Gasteiger partial charge in [0.15, 0.2) is 0 Å². The van der Waals surface area contributed by atoms with Crippen molar-refractivity contribution in [3.8, 4) is 6.07 Å². The molecular weight excluding hydrogens is 345 g/mol.